The number of H-pyrrole nitrogens is 1. The molecule has 0 bridgehead atoms. The molecular weight excluding hydrogens is 368 g/mol. The Bertz CT molecular complexity index is 894. The Kier molecular flexibility index (Phi) is 5.52. The van der Waals surface area contributed by atoms with Gasteiger partial charge in [0.2, 0.25) is 15.9 Å². The number of carbonyl (C=O) groups excluding carboxylic acids is 1. The van der Waals surface area contributed by atoms with Gasteiger partial charge in [0.15, 0.2) is 0 Å². The summed E-state index contributed by atoms with van der Waals surface area (Å²) in [5.74, 6) is 0.411. The first-order chi connectivity index (χ1) is 12.8. The number of hydrogen-bond donors (Lipinski definition) is 2. The number of benzene rings is 1. The Balaban J connectivity index is 1.62. The molecule has 0 atom stereocenters. The van der Waals surface area contributed by atoms with Crippen LogP contribution in [-0.2, 0) is 14.8 Å². The summed E-state index contributed by atoms with van der Waals surface area (Å²) < 4.78 is 32.3. The first kappa shape index (κ1) is 19.4. The molecule has 8 nitrogen and oxygen atoms in total. The van der Waals surface area contributed by atoms with Gasteiger partial charge >= 0.3 is 0 Å². The highest BCUT2D eigenvalue weighted by molar-refractivity contribution is 7.89. The van der Waals surface area contributed by atoms with Gasteiger partial charge in [-0.15, -0.1) is 0 Å². The number of sulfonamides is 1. The number of aromatic amines is 1. The summed E-state index contributed by atoms with van der Waals surface area (Å²) in [5.41, 5.74) is 1.69. The quantitative estimate of drug-likeness (QED) is 0.811. The highest BCUT2D eigenvalue weighted by Crippen LogP contribution is 2.27. The van der Waals surface area contributed by atoms with Gasteiger partial charge in [-0.3, -0.25) is 9.89 Å². The maximum atomic E-state index is 12.9. The molecule has 0 spiro atoms. The number of amides is 1. The number of piperidine rings is 1. The van der Waals surface area contributed by atoms with Gasteiger partial charge in [0.1, 0.15) is 10.6 Å². The minimum absolute atomic E-state index is 0.0899. The third-order valence-electron chi connectivity index (χ3n) is 4.84. The number of carbonyl (C=O) groups is 1. The van der Waals surface area contributed by atoms with Gasteiger partial charge in [0, 0.05) is 24.7 Å². The monoisotopic (exact) mass is 392 g/mol. The smallest absolute Gasteiger partial charge is 0.246 e. The maximum Gasteiger partial charge on any atom is 0.246 e. The van der Waals surface area contributed by atoms with Crippen LogP contribution in [0.1, 0.15) is 24.2 Å². The fourth-order valence-electron chi connectivity index (χ4n) is 3.33. The summed E-state index contributed by atoms with van der Waals surface area (Å²) >= 11 is 0. The number of aromatic nitrogens is 2. The van der Waals surface area contributed by atoms with Crippen LogP contribution in [0, 0.1) is 19.8 Å². The van der Waals surface area contributed by atoms with Crippen LogP contribution in [0.4, 0.5) is 5.69 Å². The van der Waals surface area contributed by atoms with Crippen molar-refractivity contribution in [3.63, 3.8) is 0 Å². The van der Waals surface area contributed by atoms with Crippen molar-refractivity contribution in [2.75, 3.05) is 25.5 Å². The molecule has 1 amide bonds. The van der Waals surface area contributed by atoms with Gasteiger partial charge in [-0.2, -0.15) is 9.40 Å². The van der Waals surface area contributed by atoms with Crippen molar-refractivity contribution in [1.82, 2.24) is 14.5 Å². The van der Waals surface area contributed by atoms with Crippen molar-refractivity contribution in [1.29, 1.82) is 0 Å². The second-order valence-electron chi connectivity index (χ2n) is 6.66. The number of nitrogens with one attached hydrogen (secondary N) is 2. The number of anilines is 1. The molecule has 2 aromatic rings. The molecular formula is C18H24N4O4S. The standard InChI is InChI=1S/C18H24N4O4S/c1-12-17(13(2)21-20-12)27(24,25)22-10-8-14(9-11-22)18(23)19-15-4-6-16(26-3)7-5-15/h4-7,14H,8-11H2,1-3H3,(H,19,23)(H,20,21). The molecule has 0 aliphatic carbocycles. The van der Waals surface area contributed by atoms with Crippen LogP contribution in [0.15, 0.2) is 29.2 Å². The number of nitrogens with zero attached hydrogens (tertiary/aromatic N) is 2. The topological polar surface area (TPSA) is 104 Å². The summed E-state index contributed by atoms with van der Waals surface area (Å²) in [6, 6.07) is 7.11. The van der Waals surface area contributed by atoms with E-state index in [1.54, 1.807) is 45.2 Å². The van der Waals surface area contributed by atoms with Crippen molar-refractivity contribution < 1.29 is 17.9 Å². The van der Waals surface area contributed by atoms with Gasteiger partial charge in [-0.1, -0.05) is 0 Å². The summed E-state index contributed by atoms with van der Waals surface area (Å²) in [7, 11) is -2.02. The normalized spacial score (nSPS) is 16.3. The Labute approximate surface area is 159 Å². The molecule has 146 valence electrons. The molecule has 0 saturated carbocycles. The molecule has 1 aliphatic rings. The molecule has 1 aliphatic heterocycles. The van der Waals surface area contributed by atoms with Crippen LogP contribution in [0.5, 0.6) is 5.75 Å². The Morgan fingerprint density at radius 2 is 1.85 bits per heavy atom. The predicted molar refractivity (Wildman–Crippen MR) is 101 cm³/mol. The van der Waals surface area contributed by atoms with Gasteiger partial charge in [0.25, 0.3) is 0 Å². The fourth-order valence-corrected chi connectivity index (χ4v) is 5.13. The number of hydrogen-bond acceptors (Lipinski definition) is 5. The van der Waals surface area contributed by atoms with E-state index in [2.05, 4.69) is 15.5 Å². The van der Waals surface area contributed by atoms with Crippen LogP contribution in [0.2, 0.25) is 0 Å². The lowest BCUT2D eigenvalue weighted by atomic mass is 9.97. The zero-order valence-corrected chi connectivity index (χ0v) is 16.5. The number of ether oxygens (including phenoxy) is 1. The van der Waals surface area contributed by atoms with Gasteiger partial charge in [-0.05, 0) is 51.0 Å². The number of methoxy groups -OCH3 is 1. The summed E-state index contributed by atoms with van der Waals surface area (Å²) in [5, 5.41) is 9.58. The minimum atomic E-state index is -3.60. The second-order valence-corrected chi connectivity index (χ2v) is 8.53. The van der Waals surface area contributed by atoms with Gasteiger partial charge < -0.3 is 10.1 Å². The molecule has 2 N–H and O–H groups in total. The van der Waals surface area contributed by atoms with E-state index >= 15 is 0 Å². The first-order valence-electron chi connectivity index (χ1n) is 8.79. The van der Waals surface area contributed by atoms with Crippen molar-refractivity contribution in [3.8, 4) is 5.75 Å². The van der Waals surface area contributed by atoms with Crippen molar-refractivity contribution >= 4 is 21.6 Å². The van der Waals surface area contributed by atoms with E-state index in [9.17, 15) is 13.2 Å². The molecule has 27 heavy (non-hydrogen) atoms. The SMILES string of the molecule is COc1ccc(NC(=O)C2CCN(S(=O)(=O)c3c(C)n[nH]c3C)CC2)cc1. The van der Waals surface area contributed by atoms with Crippen LogP contribution < -0.4 is 10.1 Å². The lowest BCUT2D eigenvalue weighted by Crippen LogP contribution is -2.41. The lowest BCUT2D eigenvalue weighted by molar-refractivity contribution is -0.120. The largest absolute Gasteiger partial charge is 0.497 e. The molecule has 9 heteroatoms. The Morgan fingerprint density at radius 1 is 1.22 bits per heavy atom. The van der Waals surface area contributed by atoms with Crippen LogP contribution >= 0.6 is 0 Å². The molecule has 1 saturated heterocycles. The summed E-state index contributed by atoms with van der Waals surface area (Å²) in [4.78, 5) is 12.7. The van der Waals surface area contributed by atoms with Gasteiger partial charge in [0.05, 0.1) is 18.5 Å². The third kappa shape index (κ3) is 3.98. The van der Waals surface area contributed by atoms with E-state index in [1.165, 1.54) is 4.31 Å². The van der Waals surface area contributed by atoms with E-state index in [0.717, 1.165) is 5.75 Å². The lowest BCUT2D eigenvalue weighted by Gasteiger charge is -2.30. The molecule has 0 radical (unpaired) electrons. The summed E-state index contributed by atoms with van der Waals surface area (Å²) in [6.45, 7) is 3.99. The van der Waals surface area contributed by atoms with E-state index in [4.69, 9.17) is 4.74 Å². The molecule has 1 aromatic carbocycles. The van der Waals surface area contributed by atoms with E-state index in [0.29, 0.717) is 43.0 Å². The molecule has 1 fully saturated rings. The molecule has 1 aromatic heterocycles. The highest BCUT2D eigenvalue weighted by Gasteiger charge is 2.34. The van der Waals surface area contributed by atoms with E-state index in [-0.39, 0.29) is 16.7 Å². The summed E-state index contributed by atoms with van der Waals surface area (Å²) in [6.07, 6.45) is 0.967. The van der Waals surface area contributed by atoms with Crippen molar-refractivity contribution in [3.05, 3.63) is 35.7 Å². The van der Waals surface area contributed by atoms with Crippen molar-refractivity contribution in [2.24, 2.45) is 5.92 Å². The van der Waals surface area contributed by atoms with Crippen LogP contribution in [0.3, 0.4) is 0 Å². The number of rotatable bonds is 5. The Hall–Kier alpha value is -2.39. The average Bonchev–Trinajstić information content (AvgIpc) is 3.01. The highest BCUT2D eigenvalue weighted by atomic mass is 32.2. The minimum Gasteiger partial charge on any atom is -0.497 e. The maximum absolute atomic E-state index is 12.9. The molecule has 0 unspecified atom stereocenters. The average molecular weight is 392 g/mol. The first-order valence-corrected chi connectivity index (χ1v) is 10.2. The van der Waals surface area contributed by atoms with Gasteiger partial charge in [-0.25, -0.2) is 8.42 Å². The van der Waals surface area contributed by atoms with Crippen molar-refractivity contribution in [2.45, 2.75) is 31.6 Å². The fraction of sp³-hybridized carbons (Fsp3) is 0.444. The van der Waals surface area contributed by atoms with Crippen LogP contribution in [0.25, 0.3) is 0 Å². The van der Waals surface area contributed by atoms with E-state index in [1.807, 2.05) is 0 Å². The van der Waals surface area contributed by atoms with Crippen LogP contribution in [-0.4, -0.2) is 49.0 Å². The molecule has 2 heterocycles. The number of aryl methyl sites for hydroxylation is 2. The predicted octanol–water partition coefficient (Wildman–Crippen LogP) is 2.07. The zero-order chi connectivity index (χ0) is 19.6. The molecule has 3 rings (SSSR count). The third-order valence-corrected chi connectivity index (χ3v) is 7.00. The second kappa shape index (κ2) is 7.69. The zero-order valence-electron chi connectivity index (χ0n) is 15.7. The van der Waals surface area contributed by atoms with E-state index < -0.39 is 10.0 Å². The Morgan fingerprint density at radius 3 is 2.37 bits per heavy atom.